The lowest BCUT2D eigenvalue weighted by Crippen LogP contribution is -2.18. The number of aromatic nitrogens is 1. The van der Waals surface area contributed by atoms with Crippen molar-refractivity contribution >= 4 is 28.4 Å². The number of aryl methyl sites for hydroxylation is 1. The zero-order valence-electron chi connectivity index (χ0n) is 22.6. The normalized spacial score (nSPS) is 11.4. The van der Waals surface area contributed by atoms with Crippen LogP contribution in [-0.2, 0) is 0 Å². The molecule has 0 fully saturated rings. The second-order valence-corrected chi connectivity index (χ2v) is 10.5. The summed E-state index contributed by atoms with van der Waals surface area (Å²) in [6.07, 6.45) is 3.10. The Morgan fingerprint density at radius 2 is 1.56 bits per heavy atom. The first kappa shape index (κ1) is 29.2. The summed E-state index contributed by atoms with van der Waals surface area (Å²) in [7, 11) is 0. The maximum absolute atomic E-state index is 4.67. The van der Waals surface area contributed by atoms with Gasteiger partial charge in [-0.15, -0.1) is 11.3 Å². The quantitative estimate of drug-likeness (QED) is 0.297. The smallest absolute Gasteiger partial charge is 0.100 e. The Balaban J connectivity index is 0.00000281. The molecule has 1 aromatic heterocycles. The highest BCUT2D eigenvalue weighted by atomic mass is 32.1. The predicted octanol–water partition coefficient (Wildman–Crippen LogP) is 9.05. The van der Waals surface area contributed by atoms with E-state index in [0.29, 0.717) is 11.7 Å². The maximum atomic E-state index is 4.67. The Hall–Kier alpha value is -2.79. The average molecular weight is 481 g/mol. The number of anilines is 2. The summed E-state index contributed by atoms with van der Waals surface area (Å²) < 4.78 is 0. The van der Waals surface area contributed by atoms with Gasteiger partial charge in [0.25, 0.3) is 0 Å². The molecule has 0 saturated heterocycles. The maximum Gasteiger partial charge on any atom is 0.100 e. The number of thiazole rings is 1. The van der Waals surface area contributed by atoms with Crippen LogP contribution in [0.5, 0.6) is 0 Å². The third-order valence-corrected chi connectivity index (χ3v) is 6.32. The van der Waals surface area contributed by atoms with E-state index in [1.165, 1.54) is 10.5 Å². The van der Waals surface area contributed by atoms with Gasteiger partial charge in [0.2, 0.25) is 0 Å². The second-order valence-electron chi connectivity index (χ2n) is 9.31. The molecule has 2 aromatic rings. The van der Waals surface area contributed by atoms with E-state index in [0.717, 1.165) is 39.9 Å². The molecule has 0 radical (unpaired) electrons. The molecule has 0 bridgehead atoms. The summed E-state index contributed by atoms with van der Waals surface area (Å²) >= 11 is 1.73. The van der Waals surface area contributed by atoms with Crippen LogP contribution >= 0.6 is 11.3 Å². The van der Waals surface area contributed by atoms with Gasteiger partial charge in [0.1, 0.15) is 11.5 Å². The lowest BCUT2D eigenvalue weighted by molar-refractivity contribution is 0.487. The van der Waals surface area contributed by atoms with E-state index in [1.54, 1.807) is 11.3 Å². The van der Waals surface area contributed by atoms with Gasteiger partial charge < -0.3 is 16.0 Å². The van der Waals surface area contributed by atoms with Gasteiger partial charge in [-0.3, -0.25) is 0 Å². The van der Waals surface area contributed by atoms with E-state index >= 15 is 0 Å². The van der Waals surface area contributed by atoms with Crippen LogP contribution in [0.4, 0.5) is 11.4 Å². The van der Waals surface area contributed by atoms with Crippen LogP contribution in [0.25, 0.3) is 5.70 Å². The number of nitrogens with zero attached hydrogens (tertiary/aromatic N) is 1. The van der Waals surface area contributed by atoms with Crippen molar-refractivity contribution in [2.45, 2.75) is 74.7 Å². The van der Waals surface area contributed by atoms with Gasteiger partial charge in [0, 0.05) is 21.9 Å². The molecule has 5 heteroatoms. The predicted molar refractivity (Wildman–Crippen MR) is 154 cm³/mol. The topological polar surface area (TPSA) is 49.0 Å². The Morgan fingerprint density at radius 1 is 1.03 bits per heavy atom. The first-order chi connectivity index (χ1) is 15.9. The summed E-state index contributed by atoms with van der Waals surface area (Å²) in [5, 5.41) is 11.0. The third kappa shape index (κ3) is 8.86. The standard InChI is InChI=1S/C27H38N4S.C2H6/c1-11-22(27(8,9)10)16-18(4)28-20(6)30-24-14-12-23(13-15-24)29-19(5)25-26(17(2)3)32-21(7)31-25;1-2/h12-17,28-30H,4-6,11H2,1-3,7-10H3;1-2H3/b22-16+;. The Kier molecular flexibility index (Phi) is 11.3. The number of benzene rings is 1. The van der Waals surface area contributed by atoms with Crippen molar-refractivity contribution in [3.8, 4) is 0 Å². The van der Waals surface area contributed by atoms with Gasteiger partial charge in [0.05, 0.1) is 10.7 Å². The van der Waals surface area contributed by atoms with Gasteiger partial charge in [-0.1, -0.05) is 80.7 Å². The minimum Gasteiger partial charge on any atom is -0.354 e. The van der Waals surface area contributed by atoms with Crippen LogP contribution in [-0.4, -0.2) is 4.98 Å². The molecule has 0 aliphatic heterocycles. The van der Waals surface area contributed by atoms with Crippen molar-refractivity contribution < 1.29 is 0 Å². The van der Waals surface area contributed by atoms with Gasteiger partial charge in [-0.2, -0.15) is 0 Å². The first-order valence-electron chi connectivity index (χ1n) is 12.1. The highest BCUT2D eigenvalue weighted by molar-refractivity contribution is 7.11. The Labute approximate surface area is 212 Å². The highest BCUT2D eigenvalue weighted by Crippen LogP contribution is 2.31. The molecule has 186 valence electrons. The third-order valence-electron chi connectivity index (χ3n) is 5.05. The molecular formula is C29H44N4S. The minimum atomic E-state index is 0.119. The monoisotopic (exact) mass is 480 g/mol. The largest absolute Gasteiger partial charge is 0.354 e. The van der Waals surface area contributed by atoms with Crippen molar-refractivity contribution in [1.82, 2.24) is 10.3 Å². The number of hydrogen-bond donors (Lipinski definition) is 3. The van der Waals surface area contributed by atoms with Crippen LogP contribution in [0.2, 0.25) is 0 Å². The Morgan fingerprint density at radius 3 is 2.03 bits per heavy atom. The zero-order valence-corrected chi connectivity index (χ0v) is 23.5. The number of nitrogens with one attached hydrogen (secondary N) is 3. The lowest BCUT2D eigenvalue weighted by atomic mass is 9.84. The van der Waals surface area contributed by atoms with E-state index in [4.69, 9.17) is 0 Å². The molecule has 4 nitrogen and oxygen atoms in total. The van der Waals surface area contributed by atoms with Crippen LogP contribution in [0, 0.1) is 12.3 Å². The van der Waals surface area contributed by atoms with Crippen LogP contribution < -0.4 is 16.0 Å². The molecule has 1 heterocycles. The van der Waals surface area contributed by atoms with Gasteiger partial charge in [-0.05, 0) is 55.0 Å². The molecule has 34 heavy (non-hydrogen) atoms. The van der Waals surface area contributed by atoms with E-state index in [9.17, 15) is 0 Å². The summed E-state index contributed by atoms with van der Waals surface area (Å²) in [4.78, 5) is 5.92. The molecule has 0 amide bonds. The molecule has 3 N–H and O–H groups in total. The van der Waals surface area contributed by atoms with Crippen molar-refractivity contribution in [2.24, 2.45) is 5.41 Å². The van der Waals surface area contributed by atoms with E-state index in [1.807, 2.05) is 45.0 Å². The highest BCUT2D eigenvalue weighted by Gasteiger charge is 2.16. The zero-order chi connectivity index (χ0) is 26.1. The molecule has 0 aliphatic rings. The lowest BCUT2D eigenvalue weighted by Gasteiger charge is -2.23. The molecule has 0 atom stereocenters. The molecule has 0 aliphatic carbocycles. The van der Waals surface area contributed by atoms with Crippen LogP contribution in [0.1, 0.15) is 83.3 Å². The fourth-order valence-corrected chi connectivity index (χ4v) is 4.37. The van der Waals surface area contributed by atoms with Gasteiger partial charge in [-0.25, -0.2) is 4.98 Å². The van der Waals surface area contributed by atoms with E-state index < -0.39 is 0 Å². The molecular weight excluding hydrogens is 436 g/mol. The minimum absolute atomic E-state index is 0.119. The molecule has 2 rings (SSSR count). The van der Waals surface area contributed by atoms with Crippen LogP contribution in [0.3, 0.4) is 0 Å². The van der Waals surface area contributed by atoms with Gasteiger partial charge >= 0.3 is 0 Å². The fourth-order valence-electron chi connectivity index (χ4n) is 3.42. The number of rotatable bonds is 10. The summed E-state index contributed by atoms with van der Waals surface area (Å²) in [6, 6.07) is 8.03. The number of allylic oxidation sites excluding steroid dienone is 2. The van der Waals surface area contributed by atoms with Crippen molar-refractivity contribution in [2.75, 3.05) is 10.6 Å². The fraction of sp³-hybridized carbons (Fsp3) is 0.414. The first-order valence-corrected chi connectivity index (χ1v) is 12.9. The summed E-state index contributed by atoms with van der Waals surface area (Å²) in [5.41, 5.74) is 5.96. The second kappa shape index (κ2) is 13.2. The molecule has 1 aromatic carbocycles. The van der Waals surface area contributed by atoms with Gasteiger partial charge in [0.15, 0.2) is 0 Å². The summed E-state index contributed by atoms with van der Waals surface area (Å²) in [5.74, 6) is 1.10. The van der Waals surface area contributed by atoms with Crippen LogP contribution in [0.15, 0.2) is 67.2 Å². The SMILES string of the molecule is C=C(/C=C(\CC)C(C)(C)C)NC(=C)Nc1ccc(NC(=C)c2nc(C)sc2C(C)C)cc1.CC. The molecule has 0 unspecified atom stereocenters. The van der Waals surface area contributed by atoms with Crippen molar-refractivity contribution in [3.63, 3.8) is 0 Å². The summed E-state index contributed by atoms with van der Waals surface area (Å²) in [6.45, 7) is 31.6. The van der Waals surface area contributed by atoms with Crippen molar-refractivity contribution in [1.29, 1.82) is 0 Å². The van der Waals surface area contributed by atoms with Crippen molar-refractivity contribution in [3.05, 3.63) is 82.7 Å². The molecule has 0 spiro atoms. The average Bonchev–Trinajstić information content (AvgIpc) is 3.16. The van der Waals surface area contributed by atoms with E-state index in [-0.39, 0.29) is 5.41 Å². The van der Waals surface area contributed by atoms with E-state index in [2.05, 4.69) is 88.3 Å². The number of hydrogen-bond acceptors (Lipinski definition) is 5. The Bertz CT molecular complexity index is 1000. The molecule has 0 saturated carbocycles.